The summed E-state index contributed by atoms with van der Waals surface area (Å²) < 4.78 is 1.30. The average Bonchev–Trinajstić information content (AvgIpc) is 2.64. The van der Waals surface area contributed by atoms with E-state index >= 15 is 0 Å². The lowest BCUT2D eigenvalue weighted by atomic mass is 10.0. The number of nitrogens with zero attached hydrogens (tertiary/aromatic N) is 2. The number of rotatable bonds is 5. The molecule has 0 amide bonds. The van der Waals surface area contributed by atoms with Gasteiger partial charge in [0.2, 0.25) is 0 Å². The molecule has 0 bridgehead atoms. The number of hydrogen-bond acceptors (Lipinski definition) is 3. The quantitative estimate of drug-likeness (QED) is 0.761. The Labute approximate surface area is 145 Å². The summed E-state index contributed by atoms with van der Waals surface area (Å²) in [5.41, 5.74) is 2.14. The Balaban J connectivity index is 1.78. The van der Waals surface area contributed by atoms with Crippen molar-refractivity contribution in [2.24, 2.45) is 0 Å². The van der Waals surface area contributed by atoms with Crippen molar-refractivity contribution in [2.75, 3.05) is 11.9 Å². The van der Waals surface area contributed by atoms with Crippen molar-refractivity contribution in [2.45, 2.75) is 12.8 Å². The first-order valence-electron chi connectivity index (χ1n) is 7.79. The van der Waals surface area contributed by atoms with E-state index in [1.807, 2.05) is 48.5 Å². The van der Waals surface area contributed by atoms with Gasteiger partial charge in [-0.05, 0) is 23.6 Å². The highest BCUT2D eigenvalue weighted by Gasteiger charge is 2.12. The van der Waals surface area contributed by atoms with Crippen molar-refractivity contribution in [3.05, 3.63) is 87.8 Å². The maximum atomic E-state index is 12.4. The fourth-order valence-electron chi connectivity index (χ4n) is 2.47. The fraction of sp³-hybridized carbons (Fsp3) is 0.158. The van der Waals surface area contributed by atoms with E-state index in [9.17, 15) is 4.79 Å². The first-order chi connectivity index (χ1) is 11.7. The molecule has 3 rings (SSSR count). The molecule has 0 spiro atoms. The molecule has 0 saturated carbocycles. The van der Waals surface area contributed by atoms with E-state index in [0.717, 1.165) is 0 Å². The Kier molecular flexibility index (Phi) is 4.96. The van der Waals surface area contributed by atoms with Crippen LogP contribution in [-0.2, 0) is 0 Å². The van der Waals surface area contributed by atoms with Crippen LogP contribution in [0.25, 0.3) is 5.69 Å². The number of para-hydroxylation sites is 1. The third-order valence-corrected chi connectivity index (χ3v) is 4.25. The van der Waals surface area contributed by atoms with Crippen molar-refractivity contribution in [1.29, 1.82) is 0 Å². The van der Waals surface area contributed by atoms with Crippen molar-refractivity contribution < 1.29 is 0 Å². The monoisotopic (exact) mass is 339 g/mol. The second-order valence-electron chi connectivity index (χ2n) is 5.62. The summed E-state index contributed by atoms with van der Waals surface area (Å²) in [6.45, 7) is 2.79. The van der Waals surface area contributed by atoms with E-state index in [0.29, 0.717) is 23.8 Å². The molecule has 4 nitrogen and oxygen atoms in total. The van der Waals surface area contributed by atoms with Gasteiger partial charge in [-0.1, -0.05) is 67.1 Å². The summed E-state index contributed by atoms with van der Waals surface area (Å²) in [6, 6.07) is 19.4. The van der Waals surface area contributed by atoms with Gasteiger partial charge in [0.25, 0.3) is 5.56 Å². The molecule has 5 heteroatoms. The Hall–Kier alpha value is -2.59. The van der Waals surface area contributed by atoms with Gasteiger partial charge in [-0.3, -0.25) is 4.79 Å². The van der Waals surface area contributed by atoms with Crippen LogP contribution in [0.2, 0.25) is 5.02 Å². The van der Waals surface area contributed by atoms with Crippen LogP contribution in [0.4, 0.5) is 5.69 Å². The summed E-state index contributed by atoms with van der Waals surface area (Å²) in [6.07, 6.45) is 1.59. The molecule has 1 heterocycles. The molecule has 122 valence electrons. The minimum atomic E-state index is -0.333. The molecule has 24 heavy (non-hydrogen) atoms. The number of aromatic nitrogens is 2. The topological polar surface area (TPSA) is 46.9 Å². The van der Waals surface area contributed by atoms with Gasteiger partial charge >= 0.3 is 0 Å². The maximum absolute atomic E-state index is 12.4. The van der Waals surface area contributed by atoms with Crippen LogP contribution < -0.4 is 10.9 Å². The molecule has 1 aromatic heterocycles. The van der Waals surface area contributed by atoms with Gasteiger partial charge in [0.15, 0.2) is 0 Å². The van der Waals surface area contributed by atoms with Gasteiger partial charge in [0.1, 0.15) is 5.02 Å². The molecule has 0 unspecified atom stereocenters. The summed E-state index contributed by atoms with van der Waals surface area (Å²) >= 11 is 6.24. The van der Waals surface area contributed by atoms with Gasteiger partial charge in [-0.15, -0.1) is 0 Å². The summed E-state index contributed by atoms with van der Waals surface area (Å²) in [5.74, 6) is 0.291. The summed E-state index contributed by atoms with van der Waals surface area (Å²) in [5, 5.41) is 7.59. The van der Waals surface area contributed by atoms with Gasteiger partial charge < -0.3 is 5.32 Å². The minimum absolute atomic E-state index is 0.147. The molecule has 0 aliphatic heterocycles. The molecule has 0 radical (unpaired) electrons. The van der Waals surface area contributed by atoms with E-state index in [4.69, 9.17) is 11.6 Å². The zero-order valence-corrected chi connectivity index (χ0v) is 14.1. The molecule has 3 aromatic rings. The molecular formula is C19H18ClN3O. The number of anilines is 1. The summed E-state index contributed by atoms with van der Waals surface area (Å²) in [7, 11) is 0. The predicted octanol–water partition coefficient (Wildman–Crippen LogP) is 4.10. The number of benzene rings is 2. The number of halogens is 1. The predicted molar refractivity (Wildman–Crippen MR) is 98.2 cm³/mol. The van der Waals surface area contributed by atoms with Crippen LogP contribution in [0.1, 0.15) is 18.4 Å². The highest BCUT2D eigenvalue weighted by molar-refractivity contribution is 6.32. The van der Waals surface area contributed by atoms with E-state index in [2.05, 4.69) is 29.5 Å². The zero-order chi connectivity index (χ0) is 16.9. The number of nitrogens with one attached hydrogen (secondary N) is 1. The lowest BCUT2D eigenvalue weighted by molar-refractivity contribution is 0.787. The molecule has 0 aliphatic rings. The first kappa shape index (κ1) is 16.3. The zero-order valence-electron chi connectivity index (χ0n) is 13.3. The Morgan fingerprint density at radius 2 is 1.71 bits per heavy atom. The van der Waals surface area contributed by atoms with Crippen LogP contribution in [0.15, 0.2) is 71.7 Å². The molecule has 0 fully saturated rings. The normalized spacial score (nSPS) is 11.9. The number of hydrogen-bond donors (Lipinski definition) is 1. The van der Waals surface area contributed by atoms with Gasteiger partial charge in [0.05, 0.1) is 17.6 Å². The third-order valence-electron chi connectivity index (χ3n) is 3.89. The van der Waals surface area contributed by atoms with E-state index in [1.54, 1.807) is 6.20 Å². The van der Waals surface area contributed by atoms with Crippen LogP contribution in [0.5, 0.6) is 0 Å². The van der Waals surface area contributed by atoms with Crippen LogP contribution in [0.3, 0.4) is 0 Å². The lowest BCUT2D eigenvalue weighted by Gasteiger charge is -2.15. The summed E-state index contributed by atoms with van der Waals surface area (Å²) in [4.78, 5) is 12.4. The van der Waals surface area contributed by atoms with Crippen LogP contribution in [-0.4, -0.2) is 16.3 Å². The third kappa shape index (κ3) is 3.49. The van der Waals surface area contributed by atoms with Gasteiger partial charge in [0, 0.05) is 6.54 Å². The van der Waals surface area contributed by atoms with Crippen LogP contribution >= 0.6 is 11.6 Å². The van der Waals surface area contributed by atoms with Crippen LogP contribution in [0, 0.1) is 0 Å². The van der Waals surface area contributed by atoms with Crippen molar-refractivity contribution in [3.8, 4) is 5.69 Å². The molecule has 0 saturated heterocycles. The highest BCUT2D eigenvalue weighted by atomic mass is 35.5. The smallest absolute Gasteiger partial charge is 0.292 e. The lowest BCUT2D eigenvalue weighted by Crippen LogP contribution is -2.23. The maximum Gasteiger partial charge on any atom is 0.292 e. The van der Waals surface area contributed by atoms with Gasteiger partial charge in [-0.2, -0.15) is 9.78 Å². The molecule has 0 aliphatic carbocycles. The highest BCUT2D eigenvalue weighted by Crippen LogP contribution is 2.20. The molecule has 1 atom stereocenters. The minimum Gasteiger partial charge on any atom is -0.382 e. The second-order valence-corrected chi connectivity index (χ2v) is 6.00. The first-order valence-corrected chi connectivity index (χ1v) is 8.16. The van der Waals surface area contributed by atoms with E-state index in [-0.39, 0.29) is 10.6 Å². The van der Waals surface area contributed by atoms with Crippen molar-refractivity contribution in [3.63, 3.8) is 0 Å². The fourth-order valence-corrected chi connectivity index (χ4v) is 2.67. The standard InChI is InChI=1S/C19H18ClN3O/c1-14(15-8-4-2-5-9-15)12-21-17-13-22-23(19(24)18(17)20)16-10-6-3-7-11-16/h2-11,13-14,21H,12H2,1H3/t14-/m1/s1. The molecule has 1 N–H and O–H groups in total. The average molecular weight is 340 g/mol. The van der Waals surface area contributed by atoms with E-state index in [1.165, 1.54) is 10.2 Å². The SMILES string of the molecule is C[C@H](CNc1cnn(-c2ccccc2)c(=O)c1Cl)c1ccccc1. The molecular weight excluding hydrogens is 322 g/mol. The Bertz CT molecular complexity index is 863. The Morgan fingerprint density at radius 1 is 1.08 bits per heavy atom. The van der Waals surface area contributed by atoms with Crippen molar-refractivity contribution in [1.82, 2.24) is 9.78 Å². The molecule has 2 aromatic carbocycles. The second kappa shape index (κ2) is 7.32. The van der Waals surface area contributed by atoms with Gasteiger partial charge in [-0.25, -0.2) is 0 Å². The Morgan fingerprint density at radius 3 is 2.38 bits per heavy atom. The van der Waals surface area contributed by atoms with Crippen molar-refractivity contribution >= 4 is 17.3 Å². The van der Waals surface area contributed by atoms with E-state index < -0.39 is 0 Å². The largest absolute Gasteiger partial charge is 0.382 e.